The van der Waals surface area contributed by atoms with Crippen molar-refractivity contribution < 1.29 is 9.90 Å². The van der Waals surface area contributed by atoms with E-state index in [0.717, 1.165) is 30.9 Å². The van der Waals surface area contributed by atoms with Crippen molar-refractivity contribution in [3.8, 4) is 0 Å². The van der Waals surface area contributed by atoms with Crippen molar-refractivity contribution >= 4 is 5.97 Å². The lowest BCUT2D eigenvalue weighted by Crippen LogP contribution is -2.20. The second-order valence-corrected chi connectivity index (χ2v) is 5.07. The second kappa shape index (κ2) is 6.99. The molecule has 1 heterocycles. The molecule has 112 valence electrons. The van der Waals surface area contributed by atoms with Gasteiger partial charge in [-0.15, -0.1) is 0 Å². The maximum atomic E-state index is 10.8. The minimum atomic E-state index is -0.900. The SMILES string of the molecule is CCCn1ncnc1CN(C)Cc1ccc(C(=O)O)cc1. The predicted octanol–water partition coefficient (Wildman–Crippen LogP) is 2.02. The van der Waals surface area contributed by atoms with Gasteiger partial charge in [-0.25, -0.2) is 14.5 Å². The van der Waals surface area contributed by atoms with Gasteiger partial charge in [0.25, 0.3) is 0 Å². The Morgan fingerprint density at radius 2 is 2.00 bits per heavy atom. The Hall–Kier alpha value is -2.21. The molecule has 0 saturated carbocycles. The van der Waals surface area contributed by atoms with Crippen LogP contribution in [0.1, 0.15) is 35.1 Å². The molecule has 0 radical (unpaired) electrons. The summed E-state index contributed by atoms with van der Waals surface area (Å²) in [5, 5.41) is 13.1. The van der Waals surface area contributed by atoms with Crippen LogP contribution in [0.15, 0.2) is 30.6 Å². The number of hydrogen-bond acceptors (Lipinski definition) is 4. The topological polar surface area (TPSA) is 71.2 Å². The largest absolute Gasteiger partial charge is 0.478 e. The van der Waals surface area contributed by atoms with Crippen LogP contribution < -0.4 is 0 Å². The van der Waals surface area contributed by atoms with Crippen molar-refractivity contribution in [1.82, 2.24) is 19.7 Å². The molecule has 0 bridgehead atoms. The first-order chi connectivity index (χ1) is 10.1. The fourth-order valence-electron chi connectivity index (χ4n) is 2.17. The zero-order valence-electron chi connectivity index (χ0n) is 12.4. The number of nitrogens with zero attached hydrogens (tertiary/aromatic N) is 4. The fourth-order valence-corrected chi connectivity index (χ4v) is 2.17. The van der Waals surface area contributed by atoms with Gasteiger partial charge in [-0.3, -0.25) is 4.90 Å². The Morgan fingerprint density at radius 1 is 1.29 bits per heavy atom. The molecule has 6 heteroatoms. The van der Waals surface area contributed by atoms with E-state index in [-0.39, 0.29) is 0 Å². The van der Waals surface area contributed by atoms with Crippen molar-refractivity contribution in [3.05, 3.63) is 47.5 Å². The van der Waals surface area contributed by atoms with Crippen LogP contribution in [0.25, 0.3) is 0 Å². The van der Waals surface area contributed by atoms with Gasteiger partial charge >= 0.3 is 5.97 Å². The predicted molar refractivity (Wildman–Crippen MR) is 78.9 cm³/mol. The zero-order valence-corrected chi connectivity index (χ0v) is 12.4. The molecular formula is C15H20N4O2. The molecule has 0 fully saturated rings. The first-order valence-corrected chi connectivity index (χ1v) is 6.97. The summed E-state index contributed by atoms with van der Waals surface area (Å²) in [5.41, 5.74) is 1.38. The average Bonchev–Trinajstić information content (AvgIpc) is 2.87. The van der Waals surface area contributed by atoms with Gasteiger partial charge in [-0.1, -0.05) is 19.1 Å². The monoisotopic (exact) mass is 288 g/mol. The highest BCUT2D eigenvalue weighted by molar-refractivity contribution is 5.87. The van der Waals surface area contributed by atoms with E-state index in [1.807, 2.05) is 23.9 Å². The van der Waals surface area contributed by atoms with Crippen LogP contribution >= 0.6 is 0 Å². The van der Waals surface area contributed by atoms with E-state index in [0.29, 0.717) is 12.1 Å². The highest BCUT2D eigenvalue weighted by Gasteiger charge is 2.08. The number of rotatable bonds is 7. The summed E-state index contributed by atoms with van der Waals surface area (Å²) < 4.78 is 1.92. The van der Waals surface area contributed by atoms with Crippen LogP contribution in [0.4, 0.5) is 0 Å². The van der Waals surface area contributed by atoms with E-state index in [4.69, 9.17) is 5.11 Å². The molecule has 2 rings (SSSR count). The number of carboxylic acid groups (broad SMARTS) is 1. The summed E-state index contributed by atoms with van der Waals surface area (Å²) in [4.78, 5) is 17.2. The van der Waals surface area contributed by atoms with Crippen LogP contribution in [0, 0.1) is 0 Å². The third-order valence-corrected chi connectivity index (χ3v) is 3.20. The number of aryl methyl sites for hydroxylation is 1. The van der Waals surface area contributed by atoms with Gasteiger partial charge in [0.05, 0.1) is 12.1 Å². The Kier molecular flexibility index (Phi) is 5.05. The van der Waals surface area contributed by atoms with Crippen molar-refractivity contribution in [1.29, 1.82) is 0 Å². The molecule has 1 aromatic carbocycles. The molecule has 0 amide bonds. The Bertz CT molecular complexity index is 592. The normalized spacial score (nSPS) is 11.0. The lowest BCUT2D eigenvalue weighted by molar-refractivity contribution is 0.0697. The van der Waals surface area contributed by atoms with Crippen LogP contribution in [0.3, 0.4) is 0 Å². The minimum absolute atomic E-state index is 0.309. The molecule has 0 spiro atoms. The maximum absolute atomic E-state index is 10.8. The molecule has 0 atom stereocenters. The first kappa shape index (κ1) is 15.2. The quantitative estimate of drug-likeness (QED) is 0.844. The van der Waals surface area contributed by atoms with E-state index in [9.17, 15) is 4.79 Å². The minimum Gasteiger partial charge on any atom is -0.478 e. The summed E-state index contributed by atoms with van der Waals surface area (Å²) in [6.07, 6.45) is 2.61. The molecule has 0 aliphatic carbocycles. The third-order valence-electron chi connectivity index (χ3n) is 3.20. The fraction of sp³-hybridized carbons (Fsp3) is 0.400. The van der Waals surface area contributed by atoms with E-state index in [1.54, 1.807) is 18.5 Å². The van der Waals surface area contributed by atoms with Crippen LogP contribution in [0.5, 0.6) is 0 Å². The summed E-state index contributed by atoms with van der Waals surface area (Å²) in [5.74, 6) is 0.0454. The second-order valence-electron chi connectivity index (χ2n) is 5.07. The molecule has 2 aromatic rings. The van der Waals surface area contributed by atoms with E-state index in [1.165, 1.54) is 0 Å². The van der Waals surface area contributed by atoms with Crippen molar-refractivity contribution in [2.75, 3.05) is 7.05 Å². The number of carboxylic acids is 1. The number of carbonyl (C=O) groups is 1. The number of benzene rings is 1. The van der Waals surface area contributed by atoms with Gasteiger partial charge in [-0.05, 0) is 31.2 Å². The summed E-state index contributed by atoms with van der Waals surface area (Å²) in [7, 11) is 2.01. The Labute approximate surface area is 124 Å². The number of hydrogen-bond donors (Lipinski definition) is 1. The van der Waals surface area contributed by atoms with Gasteiger partial charge in [0, 0.05) is 13.1 Å². The summed E-state index contributed by atoms with van der Waals surface area (Å²) >= 11 is 0. The van der Waals surface area contributed by atoms with Crippen LogP contribution in [-0.2, 0) is 19.6 Å². The summed E-state index contributed by atoms with van der Waals surface area (Å²) in [6, 6.07) is 6.95. The number of aromatic nitrogens is 3. The molecule has 1 aromatic heterocycles. The molecule has 0 aliphatic heterocycles. The number of aromatic carboxylic acids is 1. The van der Waals surface area contributed by atoms with Gasteiger partial charge in [0.15, 0.2) is 0 Å². The van der Waals surface area contributed by atoms with E-state index < -0.39 is 5.97 Å². The van der Waals surface area contributed by atoms with Gasteiger partial charge in [-0.2, -0.15) is 5.10 Å². The van der Waals surface area contributed by atoms with E-state index >= 15 is 0 Å². The van der Waals surface area contributed by atoms with Gasteiger partial charge < -0.3 is 5.11 Å². The smallest absolute Gasteiger partial charge is 0.335 e. The van der Waals surface area contributed by atoms with Crippen molar-refractivity contribution in [2.45, 2.75) is 33.0 Å². The first-order valence-electron chi connectivity index (χ1n) is 6.97. The van der Waals surface area contributed by atoms with Gasteiger partial charge in [0.2, 0.25) is 0 Å². The van der Waals surface area contributed by atoms with Gasteiger partial charge in [0.1, 0.15) is 12.2 Å². The average molecular weight is 288 g/mol. The third kappa shape index (κ3) is 4.13. The summed E-state index contributed by atoms with van der Waals surface area (Å²) in [6.45, 7) is 4.43. The molecule has 0 unspecified atom stereocenters. The highest BCUT2D eigenvalue weighted by atomic mass is 16.4. The highest BCUT2D eigenvalue weighted by Crippen LogP contribution is 2.09. The standard InChI is InChI=1S/C15H20N4O2/c1-3-8-19-14(16-11-17-19)10-18(2)9-12-4-6-13(7-5-12)15(20)21/h4-7,11H,3,8-10H2,1-2H3,(H,20,21). The zero-order chi connectivity index (χ0) is 15.2. The van der Waals surface area contributed by atoms with Crippen molar-refractivity contribution in [2.24, 2.45) is 0 Å². The van der Waals surface area contributed by atoms with Crippen LogP contribution in [0.2, 0.25) is 0 Å². The molecule has 21 heavy (non-hydrogen) atoms. The Morgan fingerprint density at radius 3 is 2.62 bits per heavy atom. The van der Waals surface area contributed by atoms with Crippen LogP contribution in [-0.4, -0.2) is 37.8 Å². The lowest BCUT2D eigenvalue weighted by Gasteiger charge is -2.16. The Balaban J connectivity index is 1.96. The maximum Gasteiger partial charge on any atom is 0.335 e. The molecule has 0 aliphatic rings. The van der Waals surface area contributed by atoms with Crippen molar-refractivity contribution in [3.63, 3.8) is 0 Å². The molecule has 0 saturated heterocycles. The molecule has 1 N–H and O–H groups in total. The van der Waals surface area contributed by atoms with E-state index in [2.05, 4.69) is 21.9 Å². The molecule has 6 nitrogen and oxygen atoms in total. The lowest BCUT2D eigenvalue weighted by atomic mass is 10.1. The molecular weight excluding hydrogens is 268 g/mol.